The predicted octanol–water partition coefficient (Wildman–Crippen LogP) is 4.15. The number of rotatable bonds is 8. The Balaban J connectivity index is 1.48. The van der Waals surface area contributed by atoms with Crippen LogP contribution in [0.2, 0.25) is 0 Å². The maximum atomic E-state index is 13.3. The fourth-order valence-corrected chi connectivity index (χ4v) is 3.58. The zero-order chi connectivity index (χ0) is 21.8. The van der Waals surface area contributed by atoms with Gasteiger partial charge in [-0.2, -0.15) is 0 Å². The van der Waals surface area contributed by atoms with Crippen molar-refractivity contribution >= 4 is 17.6 Å². The molecule has 1 aromatic carbocycles. The van der Waals surface area contributed by atoms with Crippen LogP contribution in [0.15, 0.2) is 65.4 Å². The van der Waals surface area contributed by atoms with Crippen molar-refractivity contribution in [2.45, 2.75) is 38.9 Å². The van der Waals surface area contributed by atoms with Crippen LogP contribution in [-0.4, -0.2) is 38.9 Å². The molecule has 0 aliphatic heterocycles. The molecule has 1 aliphatic carbocycles. The fourth-order valence-electron chi connectivity index (χ4n) is 3.58. The standard InChI is InChI=1S/C24H28N4O3/c1-18-7-3-4-10-22(18)25-24(30)28(19-11-12-19)17-23(29)27(16-21-9-6-14-31-21)15-20-8-5-13-26(20)2/h3-10,13-14,19H,11-12,15-17H2,1-2H3,(H,25,30). The summed E-state index contributed by atoms with van der Waals surface area (Å²) in [4.78, 5) is 29.7. The molecule has 162 valence electrons. The highest BCUT2D eigenvalue weighted by atomic mass is 16.3. The van der Waals surface area contributed by atoms with E-state index in [1.807, 2.05) is 73.3 Å². The molecule has 0 unspecified atom stereocenters. The summed E-state index contributed by atoms with van der Waals surface area (Å²) in [6.45, 7) is 2.79. The molecule has 1 fully saturated rings. The molecular weight excluding hydrogens is 392 g/mol. The molecule has 7 heteroatoms. The molecule has 0 saturated heterocycles. The van der Waals surface area contributed by atoms with E-state index >= 15 is 0 Å². The van der Waals surface area contributed by atoms with Crippen molar-refractivity contribution in [2.24, 2.45) is 7.05 Å². The Morgan fingerprint density at radius 3 is 2.55 bits per heavy atom. The molecule has 1 aliphatic rings. The Kier molecular flexibility index (Phi) is 6.11. The highest BCUT2D eigenvalue weighted by Crippen LogP contribution is 2.28. The number of hydrogen-bond acceptors (Lipinski definition) is 3. The number of carbonyl (C=O) groups is 2. The average molecular weight is 421 g/mol. The number of urea groups is 1. The van der Waals surface area contributed by atoms with E-state index in [-0.39, 0.29) is 24.5 Å². The van der Waals surface area contributed by atoms with Crippen molar-refractivity contribution in [3.63, 3.8) is 0 Å². The van der Waals surface area contributed by atoms with Crippen LogP contribution >= 0.6 is 0 Å². The average Bonchev–Trinajstić information content (AvgIpc) is 3.31. The van der Waals surface area contributed by atoms with E-state index in [0.717, 1.165) is 29.8 Å². The highest BCUT2D eigenvalue weighted by molar-refractivity contribution is 5.93. The van der Waals surface area contributed by atoms with Gasteiger partial charge in [0.05, 0.1) is 19.4 Å². The van der Waals surface area contributed by atoms with Gasteiger partial charge in [0, 0.05) is 30.7 Å². The summed E-state index contributed by atoms with van der Waals surface area (Å²) in [7, 11) is 1.96. The Labute approximate surface area is 182 Å². The second kappa shape index (κ2) is 9.12. The number of aryl methyl sites for hydroxylation is 2. The van der Waals surface area contributed by atoms with Crippen LogP contribution in [-0.2, 0) is 24.9 Å². The quantitative estimate of drug-likeness (QED) is 0.595. The number of nitrogens with zero attached hydrogens (tertiary/aromatic N) is 3. The summed E-state index contributed by atoms with van der Waals surface area (Å²) in [5, 5.41) is 2.97. The smallest absolute Gasteiger partial charge is 0.322 e. The SMILES string of the molecule is Cc1ccccc1NC(=O)N(CC(=O)N(Cc1ccco1)Cc1cccn1C)C1CC1. The minimum Gasteiger partial charge on any atom is -0.467 e. The fraction of sp³-hybridized carbons (Fsp3) is 0.333. The normalized spacial score (nSPS) is 13.1. The van der Waals surface area contributed by atoms with Crippen LogP contribution in [0.1, 0.15) is 29.9 Å². The van der Waals surface area contributed by atoms with Gasteiger partial charge in [-0.1, -0.05) is 18.2 Å². The van der Waals surface area contributed by atoms with Crippen LogP contribution in [0.5, 0.6) is 0 Å². The van der Waals surface area contributed by atoms with Gasteiger partial charge in [-0.05, 0) is 55.7 Å². The summed E-state index contributed by atoms with van der Waals surface area (Å²) in [5.41, 5.74) is 2.77. The van der Waals surface area contributed by atoms with Crippen LogP contribution in [0.4, 0.5) is 10.5 Å². The van der Waals surface area contributed by atoms with Crippen LogP contribution < -0.4 is 5.32 Å². The summed E-state index contributed by atoms with van der Waals surface area (Å²) in [5.74, 6) is 0.606. The number of para-hydroxylation sites is 1. The van der Waals surface area contributed by atoms with E-state index in [9.17, 15) is 9.59 Å². The molecule has 0 atom stereocenters. The van der Waals surface area contributed by atoms with E-state index in [1.165, 1.54) is 0 Å². The molecule has 4 rings (SSSR count). The Hall–Kier alpha value is -3.48. The number of carbonyl (C=O) groups excluding carboxylic acids is 2. The van der Waals surface area contributed by atoms with E-state index in [4.69, 9.17) is 4.42 Å². The molecule has 31 heavy (non-hydrogen) atoms. The molecule has 0 spiro atoms. The second-order valence-corrected chi connectivity index (χ2v) is 8.04. The number of hydrogen-bond donors (Lipinski definition) is 1. The molecule has 0 radical (unpaired) electrons. The van der Waals surface area contributed by atoms with Gasteiger partial charge in [0.2, 0.25) is 5.91 Å². The molecule has 1 saturated carbocycles. The third kappa shape index (κ3) is 5.17. The van der Waals surface area contributed by atoms with Crippen LogP contribution in [0.3, 0.4) is 0 Å². The summed E-state index contributed by atoms with van der Waals surface area (Å²) in [6, 6.07) is 15.1. The number of amides is 3. The first-order chi connectivity index (χ1) is 15.0. The zero-order valence-corrected chi connectivity index (χ0v) is 18.0. The number of aromatic nitrogens is 1. The van der Waals surface area contributed by atoms with Gasteiger partial charge in [0.1, 0.15) is 12.3 Å². The summed E-state index contributed by atoms with van der Waals surface area (Å²) >= 11 is 0. The van der Waals surface area contributed by atoms with Crippen molar-refractivity contribution in [3.05, 3.63) is 78.0 Å². The third-order valence-corrected chi connectivity index (χ3v) is 5.62. The lowest BCUT2D eigenvalue weighted by Crippen LogP contribution is -2.45. The van der Waals surface area contributed by atoms with Crippen molar-refractivity contribution in [1.82, 2.24) is 14.4 Å². The molecule has 2 heterocycles. The largest absolute Gasteiger partial charge is 0.467 e. The summed E-state index contributed by atoms with van der Waals surface area (Å²) in [6.07, 6.45) is 5.40. The van der Waals surface area contributed by atoms with Crippen molar-refractivity contribution in [3.8, 4) is 0 Å². The molecule has 0 bridgehead atoms. The first-order valence-corrected chi connectivity index (χ1v) is 10.5. The first-order valence-electron chi connectivity index (χ1n) is 10.5. The second-order valence-electron chi connectivity index (χ2n) is 8.04. The van der Waals surface area contributed by atoms with E-state index < -0.39 is 0 Å². The van der Waals surface area contributed by atoms with Gasteiger partial charge in [-0.3, -0.25) is 4.79 Å². The van der Waals surface area contributed by atoms with Gasteiger partial charge in [-0.15, -0.1) is 0 Å². The van der Waals surface area contributed by atoms with Crippen molar-refractivity contribution < 1.29 is 14.0 Å². The van der Waals surface area contributed by atoms with Crippen LogP contribution in [0.25, 0.3) is 0 Å². The minimum atomic E-state index is -0.234. The Bertz CT molecular complexity index is 1040. The van der Waals surface area contributed by atoms with Gasteiger partial charge < -0.3 is 24.1 Å². The predicted molar refractivity (Wildman–Crippen MR) is 118 cm³/mol. The topological polar surface area (TPSA) is 70.7 Å². The number of anilines is 1. The van der Waals surface area contributed by atoms with Crippen molar-refractivity contribution in [2.75, 3.05) is 11.9 Å². The molecule has 1 N–H and O–H groups in total. The number of nitrogens with one attached hydrogen (secondary N) is 1. The van der Waals surface area contributed by atoms with Gasteiger partial charge in [0.25, 0.3) is 0 Å². The molecule has 2 aromatic heterocycles. The molecule has 3 amide bonds. The molecule has 3 aromatic rings. The Morgan fingerprint density at radius 1 is 1.10 bits per heavy atom. The van der Waals surface area contributed by atoms with Gasteiger partial charge in [0.15, 0.2) is 0 Å². The monoisotopic (exact) mass is 420 g/mol. The number of furan rings is 1. The first kappa shape index (κ1) is 20.8. The zero-order valence-electron chi connectivity index (χ0n) is 18.0. The molecule has 7 nitrogen and oxygen atoms in total. The maximum Gasteiger partial charge on any atom is 0.322 e. The lowest BCUT2D eigenvalue weighted by atomic mass is 10.2. The van der Waals surface area contributed by atoms with E-state index in [1.54, 1.807) is 16.1 Å². The Morgan fingerprint density at radius 2 is 1.90 bits per heavy atom. The van der Waals surface area contributed by atoms with E-state index in [0.29, 0.717) is 18.8 Å². The summed E-state index contributed by atoms with van der Waals surface area (Å²) < 4.78 is 7.47. The lowest BCUT2D eigenvalue weighted by molar-refractivity contribution is -0.133. The lowest BCUT2D eigenvalue weighted by Gasteiger charge is -2.28. The maximum absolute atomic E-state index is 13.3. The van der Waals surface area contributed by atoms with E-state index in [2.05, 4.69) is 5.32 Å². The molecular formula is C24H28N4O3. The number of benzene rings is 1. The van der Waals surface area contributed by atoms with Crippen LogP contribution in [0, 0.1) is 6.92 Å². The van der Waals surface area contributed by atoms with Crippen molar-refractivity contribution in [1.29, 1.82) is 0 Å². The third-order valence-electron chi connectivity index (χ3n) is 5.62. The van der Waals surface area contributed by atoms with Gasteiger partial charge in [-0.25, -0.2) is 4.79 Å². The van der Waals surface area contributed by atoms with Gasteiger partial charge >= 0.3 is 6.03 Å². The highest BCUT2D eigenvalue weighted by Gasteiger charge is 2.35. The minimum absolute atomic E-state index is 0.0352.